The molecule has 0 fully saturated rings. The lowest BCUT2D eigenvalue weighted by molar-refractivity contribution is 0.0573. The van der Waals surface area contributed by atoms with Gasteiger partial charge in [0.05, 0.1) is 18.2 Å². The number of aromatic nitrogens is 1. The maximum Gasteiger partial charge on any atom is 0.272 e. The molecule has 0 saturated heterocycles. The Morgan fingerprint density at radius 2 is 2.33 bits per heavy atom. The molecule has 0 radical (unpaired) electrons. The van der Waals surface area contributed by atoms with Crippen LogP contribution in [0, 0.1) is 11.3 Å². The van der Waals surface area contributed by atoms with Crippen LogP contribution in [-0.4, -0.2) is 42.1 Å². The molecular weight excluding hydrogens is 230 g/mol. The van der Waals surface area contributed by atoms with Crippen LogP contribution in [0.5, 0.6) is 0 Å². The van der Waals surface area contributed by atoms with Gasteiger partial charge >= 0.3 is 0 Å². The SMILES string of the molecule is CCN(C(=O)c1ccc(C#N)cn1)C(C)COC. The number of carbonyl (C=O) groups is 1. The molecule has 5 heteroatoms. The summed E-state index contributed by atoms with van der Waals surface area (Å²) in [5.41, 5.74) is 0.790. The van der Waals surface area contributed by atoms with Crippen LogP contribution in [0.25, 0.3) is 0 Å². The summed E-state index contributed by atoms with van der Waals surface area (Å²) in [6.45, 7) is 4.91. The van der Waals surface area contributed by atoms with Gasteiger partial charge in [-0.2, -0.15) is 5.26 Å². The fraction of sp³-hybridized carbons (Fsp3) is 0.462. The Balaban J connectivity index is 2.86. The normalized spacial score (nSPS) is 11.7. The molecular formula is C13H17N3O2. The predicted molar refractivity (Wildman–Crippen MR) is 67.0 cm³/mol. The number of nitrogens with zero attached hydrogens (tertiary/aromatic N) is 3. The molecule has 18 heavy (non-hydrogen) atoms. The van der Waals surface area contributed by atoms with E-state index in [1.807, 2.05) is 19.9 Å². The monoisotopic (exact) mass is 247 g/mol. The molecule has 1 amide bonds. The number of nitriles is 1. The predicted octanol–water partition coefficient (Wildman–Crippen LogP) is 1.45. The average molecular weight is 247 g/mol. The standard InChI is InChI=1S/C13H17N3O2/c1-4-16(10(2)9-18-3)13(17)12-6-5-11(7-14)8-15-12/h5-6,8,10H,4,9H2,1-3H3. The van der Waals surface area contributed by atoms with Gasteiger partial charge in [-0.05, 0) is 26.0 Å². The molecule has 5 nitrogen and oxygen atoms in total. The minimum absolute atomic E-state index is 0.00931. The third kappa shape index (κ3) is 3.28. The first-order valence-electron chi connectivity index (χ1n) is 5.80. The van der Waals surface area contributed by atoms with Crippen molar-refractivity contribution in [1.29, 1.82) is 5.26 Å². The van der Waals surface area contributed by atoms with Crippen molar-refractivity contribution in [3.63, 3.8) is 0 Å². The molecule has 1 atom stereocenters. The summed E-state index contributed by atoms with van der Waals surface area (Å²) in [5.74, 6) is -0.147. The zero-order valence-electron chi connectivity index (χ0n) is 10.9. The number of amides is 1. The molecule has 0 bridgehead atoms. The Morgan fingerprint density at radius 3 is 2.78 bits per heavy atom. The Kier molecular flexibility index (Phi) is 5.28. The molecule has 0 aromatic carbocycles. The summed E-state index contributed by atoms with van der Waals surface area (Å²) >= 11 is 0. The minimum Gasteiger partial charge on any atom is -0.383 e. The molecule has 1 unspecified atom stereocenters. The number of pyridine rings is 1. The summed E-state index contributed by atoms with van der Waals surface area (Å²) in [5, 5.41) is 8.68. The van der Waals surface area contributed by atoms with Crippen molar-refractivity contribution >= 4 is 5.91 Å². The lowest BCUT2D eigenvalue weighted by atomic mass is 10.2. The van der Waals surface area contributed by atoms with E-state index < -0.39 is 0 Å². The van der Waals surface area contributed by atoms with Gasteiger partial charge in [0, 0.05) is 19.9 Å². The van der Waals surface area contributed by atoms with Crippen LogP contribution < -0.4 is 0 Å². The second-order valence-corrected chi connectivity index (χ2v) is 3.94. The van der Waals surface area contributed by atoms with Crippen molar-refractivity contribution in [1.82, 2.24) is 9.88 Å². The van der Waals surface area contributed by atoms with E-state index in [4.69, 9.17) is 10.00 Å². The summed E-state index contributed by atoms with van der Waals surface area (Å²) in [6, 6.07) is 5.13. The van der Waals surface area contributed by atoms with Crippen molar-refractivity contribution in [3.8, 4) is 6.07 Å². The number of hydrogen-bond donors (Lipinski definition) is 0. The summed E-state index contributed by atoms with van der Waals surface area (Å²) in [7, 11) is 1.61. The molecule has 0 aliphatic rings. The minimum atomic E-state index is -0.147. The van der Waals surface area contributed by atoms with E-state index in [-0.39, 0.29) is 11.9 Å². The highest BCUT2D eigenvalue weighted by Gasteiger charge is 2.20. The maximum absolute atomic E-state index is 12.2. The average Bonchev–Trinajstić information content (AvgIpc) is 2.40. The quantitative estimate of drug-likeness (QED) is 0.789. The highest BCUT2D eigenvalue weighted by molar-refractivity contribution is 5.92. The lowest BCUT2D eigenvalue weighted by Crippen LogP contribution is -2.41. The summed E-state index contributed by atoms with van der Waals surface area (Å²) in [4.78, 5) is 17.9. The molecule has 1 heterocycles. The fourth-order valence-electron chi connectivity index (χ4n) is 1.72. The van der Waals surface area contributed by atoms with Crippen LogP contribution in [0.1, 0.15) is 29.9 Å². The van der Waals surface area contributed by atoms with Gasteiger partial charge in [0.15, 0.2) is 0 Å². The number of ether oxygens (including phenoxy) is 1. The van der Waals surface area contributed by atoms with E-state index in [1.165, 1.54) is 6.20 Å². The van der Waals surface area contributed by atoms with Crippen LogP contribution in [0.15, 0.2) is 18.3 Å². The number of likely N-dealkylation sites (N-methyl/N-ethyl adjacent to an activating group) is 1. The fourth-order valence-corrected chi connectivity index (χ4v) is 1.72. The third-order valence-electron chi connectivity index (χ3n) is 2.65. The van der Waals surface area contributed by atoms with Crippen molar-refractivity contribution in [2.45, 2.75) is 19.9 Å². The summed E-state index contributed by atoms with van der Waals surface area (Å²) in [6.07, 6.45) is 1.40. The van der Waals surface area contributed by atoms with Crippen LogP contribution in [-0.2, 0) is 4.74 Å². The number of rotatable bonds is 5. The first kappa shape index (κ1) is 14.1. The van der Waals surface area contributed by atoms with Crippen molar-refractivity contribution in [2.75, 3.05) is 20.3 Å². The van der Waals surface area contributed by atoms with Gasteiger partial charge in [0.25, 0.3) is 5.91 Å². The molecule has 0 saturated carbocycles. The molecule has 1 rings (SSSR count). The van der Waals surface area contributed by atoms with E-state index in [1.54, 1.807) is 24.1 Å². The van der Waals surface area contributed by atoms with Gasteiger partial charge in [-0.1, -0.05) is 0 Å². The third-order valence-corrected chi connectivity index (χ3v) is 2.65. The van der Waals surface area contributed by atoms with Crippen LogP contribution in [0.4, 0.5) is 0 Å². The smallest absolute Gasteiger partial charge is 0.272 e. The van der Waals surface area contributed by atoms with E-state index in [0.717, 1.165) is 0 Å². The number of methoxy groups -OCH3 is 1. The lowest BCUT2D eigenvalue weighted by Gasteiger charge is -2.27. The van der Waals surface area contributed by atoms with Gasteiger partial charge < -0.3 is 9.64 Å². The van der Waals surface area contributed by atoms with Gasteiger partial charge in [-0.3, -0.25) is 4.79 Å². The molecule has 1 aromatic heterocycles. The number of carbonyl (C=O) groups excluding carboxylic acids is 1. The molecule has 96 valence electrons. The van der Waals surface area contributed by atoms with E-state index in [2.05, 4.69) is 4.98 Å². The van der Waals surface area contributed by atoms with Gasteiger partial charge in [-0.15, -0.1) is 0 Å². The van der Waals surface area contributed by atoms with E-state index in [0.29, 0.717) is 24.4 Å². The first-order chi connectivity index (χ1) is 8.63. The molecule has 1 aromatic rings. The Labute approximate surface area is 107 Å². The zero-order chi connectivity index (χ0) is 13.5. The molecule has 0 aliphatic carbocycles. The highest BCUT2D eigenvalue weighted by Crippen LogP contribution is 2.07. The maximum atomic E-state index is 12.2. The van der Waals surface area contributed by atoms with Crippen molar-refractivity contribution in [3.05, 3.63) is 29.6 Å². The van der Waals surface area contributed by atoms with Crippen LogP contribution in [0.3, 0.4) is 0 Å². The Morgan fingerprint density at radius 1 is 1.61 bits per heavy atom. The van der Waals surface area contributed by atoms with Gasteiger partial charge in [0.2, 0.25) is 0 Å². The molecule has 0 aliphatic heterocycles. The second-order valence-electron chi connectivity index (χ2n) is 3.94. The Hall–Kier alpha value is -1.93. The second kappa shape index (κ2) is 6.72. The number of hydrogen-bond acceptors (Lipinski definition) is 4. The van der Waals surface area contributed by atoms with Crippen LogP contribution >= 0.6 is 0 Å². The topological polar surface area (TPSA) is 66.2 Å². The van der Waals surface area contributed by atoms with E-state index in [9.17, 15) is 4.79 Å². The van der Waals surface area contributed by atoms with Gasteiger partial charge in [-0.25, -0.2) is 4.98 Å². The van der Waals surface area contributed by atoms with Crippen LogP contribution in [0.2, 0.25) is 0 Å². The van der Waals surface area contributed by atoms with Crippen molar-refractivity contribution in [2.24, 2.45) is 0 Å². The van der Waals surface area contributed by atoms with Crippen molar-refractivity contribution < 1.29 is 9.53 Å². The Bertz CT molecular complexity index is 437. The summed E-state index contributed by atoms with van der Waals surface area (Å²) < 4.78 is 5.05. The first-order valence-corrected chi connectivity index (χ1v) is 5.80. The largest absolute Gasteiger partial charge is 0.383 e. The molecule has 0 N–H and O–H groups in total. The highest BCUT2D eigenvalue weighted by atomic mass is 16.5. The zero-order valence-corrected chi connectivity index (χ0v) is 10.9. The van der Waals surface area contributed by atoms with Gasteiger partial charge in [0.1, 0.15) is 11.8 Å². The molecule has 0 spiro atoms. The van der Waals surface area contributed by atoms with E-state index >= 15 is 0 Å².